The van der Waals surface area contributed by atoms with Crippen LogP contribution in [0, 0.1) is 6.92 Å². The van der Waals surface area contributed by atoms with Gasteiger partial charge in [-0.25, -0.2) is 4.68 Å². The van der Waals surface area contributed by atoms with E-state index < -0.39 is 0 Å². The van der Waals surface area contributed by atoms with Crippen LogP contribution in [-0.2, 0) is 0 Å². The Kier molecular flexibility index (Phi) is 3.94. The normalized spacial score (nSPS) is 12.2. The van der Waals surface area contributed by atoms with Gasteiger partial charge in [-0.3, -0.25) is 4.79 Å². The van der Waals surface area contributed by atoms with Crippen molar-refractivity contribution < 1.29 is 4.79 Å². The van der Waals surface area contributed by atoms with Crippen LogP contribution in [0.1, 0.15) is 36.3 Å². The topological polar surface area (TPSA) is 59.8 Å². The van der Waals surface area contributed by atoms with Gasteiger partial charge in [-0.2, -0.15) is 0 Å². The molecule has 100 valence electrons. The fourth-order valence-electron chi connectivity index (χ4n) is 1.59. The fraction of sp³-hybridized carbons (Fsp3) is 0.357. The smallest absolute Gasteiger partial charge is 0.273 e. The Morgan fingerprint density at radius 3 is 2.68 bits per heavy atom. The Hall–Kier alpha value is -2.17. The average Bonchev–Trinajstić information content (AvgIpc) is 2.89. The minimum Gasteiger partial charge on any atom is -0.348 e. The number of carbonyl (C=O) groups excluding carboxylic acids is 1. The third-order valence-electron chi connectivity index (χ3n) is 3.01. The van der Waals surface area contributed by atoms with Crippen molar-refractivity contribution in [2.24, 2.45) is 0 Å². The van der Waals surface area contributed by atoms with Crippen molar-refractivity contribution >= 4 is 5.91 Å². The molecule has 1 N–H and O–H groups in total. The van der Waals surface area contributed by atoms with Gasteiger partial charge < -0.3 is 5.32 Å². The molecule has 19 heavy (non-hydrogen) atoms. The van der Waals surface area contributed by atoms with Crippen LogP contribution in [0.4, 0.5) is 0 Å². The van der Waals surface area contributed by atoms with Crippen LogP contribution >= 0.6 is 0 Å². The third-order valence-corrected chi connectivity index (χ3v) is 3.01. The minimum absolute atomic E-state index is 0.136. The van der Waals surface area contributed by atoms with Gasteiger partial charge in [0, 0.05) is 6.04 Å². The van der Waals surface area contributed by atoms with Crippen LogP contribution in [0.25, 0.3) is 5.69 Å². The molecule has 0 radical (unpaired) electrons. The molecule has 0 aliphatic carbocycles. The SMILES string of the molecule is CCC(C)NC(=O)c1cn(-c2ccc(C)cc2)nn1. The molecule has 1 atom stereocenters. The molecule has 0 aliphatic heterocycles. The highest BCUT2D eigenvalue weighted by Crippen LogP contribution is 2.08. The van der Waals surface area contributed by atoms with E-state index in [-0.39, 0.29) is 11.9 Å². The van der Waals surface area contributed by atoms with Gasteiger partial charge >= 0.3 is 0 Å². The standard InChI is InChI=1S/C14H18N4O/c1-4-11(3)15-14(19)13-9-18(17-16-13)12-7-5-10(2)6-8-12/h5-9,11H,4H2,1-3H3,(H,15,19). The van der Waals surface area contributed by atoms with Crippen LogP contribution in [0.2, 0.25) is 0 Å². The molecular formula is C14H18N4O. The second-order valence-electron chi connectivity index (χ2n) is 4.67. The zero-order valence-electron chi connectivity index (χ0n) is 11.4. The lowest BCUT2D eigenvalue weighted by molar-refractivity contribution is 0.0934. The first-order valence-corrected chi connectivity index (χ1v) is 6.40. The first-order chi connectivity index (χ1) is 9.10. The summed E-state index contributed by atoms with van der Waals surface area (Å²) in [5, 5.41) is 10.7. The Morgan fingerprint density at radius 1 is 1.37 bits per heavy atom. The minimum atomic E-state index is -0.187. The number of hydrogen-bond donors (Lipinski definition) is 1. The molecule has 1 aromatic heterocycles. The van der Waals surface area contributed by atoms with E-state index in [1.54, 1.807) is 10.9 Å². The molecular weight excluding hydrogens is 240 g/mol. The second-order valence-corrected chi connectivity index (χ2v) is 4.67. The lowest BCUT2D eigenvalue weighted by Crippen LogP contribution is -2.32. The molecule has 0 saturated heterocycles. The summed E-state index contributed by atoms with van der Waals surface area (Å²) in [6.07, 6.45) is 2.53. The van der Waals surface area contributed by atoms with Crippen molar-refractivity contribution in [3.05, 3.63) is 41.7 Å². The average molecular weight is 258 g/mol. The Balaban J connectivity index is 2.15. The first-order valence-electron chi connectivity index (χ1n) is 6.40. The summed E-state index contributed by atoms with van der Waals surface area (Å²) in [4.78, 5) is 11.9. The molecule has 1 aromatic carbocycles. The molecule has 1 unspecified atom stereocenters. The number of nitrogens with one attached hydrogen (secondary N) is 1. The van der Waals surface area contributed by atoms with E-state index in [1.807, 2.05) is 45.0 Å². The van der Waals surface area contributed by atoms with Crippen molar-refractivity contribution in [1.82, 2.24) is 20.3 Å². The van der Waals surface area contributed by atoms with Crippen molar-refractivity contribution in [3.63, 3.8) is 0 Å². The van der Waals surface area contributed by atoms with E-state index in [1.165, 1.54) is 5.56 Å². The van der Waals surface area contributed by atoms with Gasteiger partial charge in [0.15, 0.2) is 5.69 Å². The maximum absolute atomic E-state index is 11.9. The lowest BCUT2D eigenvalue weighted by atomic mass is 10.2. The van der Waals surface area contributed by atoms with Crippen molar-refractivity contribution in [3.8, 4) is 5.69 Å². The van der Waals surface area contributed by atoms with E-state index in [2.05, 4.69) is 15.6 Å². The molecule has 0 aliphatic rings. The molecule has 0 bridgehead atoms. The van der Waals surface area contributed by atoms with Crippen LogP contribution in [0.3, 0.4) is 0 Å². The first kappa shape index (κ1) is 13.3. The summed E-state index contributed by atoms with van der Waals surface area (Å²) >= 11 is 0. The van der Waals surface area contributed by atoms with Crippen molar-refractivity contribution in [1.29, 1.82) is 0 Å². The molecule has 0 spiro atoms. The Labute approximate surface area is 112 Å². The largest absolute Gasteiger partial charge is 0.348 e. The van der Waals surface area contributed by atoms with Gasteiger partial charge in [-0.1, -0.05) is 29.8 Å². The quantitative estimate of drug-likeness (QED) is 0.913. The monoisotopic (exact) mass is 258 g/mol. The Bertz CT molecular complexity index is 559. The molecule has 0 fully saturated rings. The van der Waals surface area contributed by atoms with Crippen molar-refractivity contribution in [2.45, 2.75) is 33.2 Å². The molecule has 1 amide bonds. The number of benzene rings is 1. The summed E-state index contributed by atoms with van der Waals surface area (Å²) in [5.41, 5.74) is 2.40. The molecule has 2 aromatic rings. The van der Waals surface area contributed by atoms with Crippen LogP contribution in [0.15, 0.2) is 30.5 Å². The van der Waals surface area contributed by atoms with Gasteiger partial charge in [0.05, 0.1) is 11.9 Å². The summed E-state index contributed by atoms with van der Waals surface area (Å²) in [5.74, 6) is -0.187. The van der Waals surface area contributed by atoms with Crippen LogP contribution in [-0.4, -0.2) is 26.9 Å². The summed E-state index contributed by atoms with van der Waals surface area (Å²) in [6.45, 7) is 6.01. The van der Waals surface area contributed by atoms with Gasteiger partial charge in [0.25, 0.3) is 5.91 Å². The summed E-state index contributed by atoms with van der Waals surface area (Å²) < 4.78 is 1.60. The van der Waals surface area contributed by atoms with Crippen LogP contribution < -0.4 is 5.32 Å². The molecule has 0 saturated carbocycles. The zero-order chi connectivity index (χ0) is 13.8. The highest BCUT2D eigenvalue weighted by Gasteiger charge is 2.13. The number of aryl methyl sites for hydroxylation is 1. The van der Waals surface area contributed by atoms with E-state index in [9.17, 15) is 4.79 Å². The van der Waals surface area contributed by atoms with E-state index in [0.717, 1.165) is 12.1 Å². The summed E-state index contributed by atoms with van der Waals surface area (Å²) in [6, 6.07) is 8.02. The molecule has 1 heterocycles. The van der Waals surface area contributed by atoms with Gasteiger partial charge in [0.2, 0.25) is 0 Å². The second kappa shape index (κ2) is 5.65. The number of hydrogen-bond acceptors (Lipinski definition) is 3. The number of nitrogens with zero attached hydrogens (tertiary/aromatic N) is 3. The highest BCUT2D eigenvalue weighted by atomic mass is 16.2. The third kappa shape index (κ3) is 3.19. The van der Waals surface area contributed by atoms with Gasteiger partial charge in [-0.05, 0) is 32.4 Å². The lowest BCUT2D eigenvalue weighted by Gasteiger charge is -2.08. The molecule has 2 rings (SSSR count). The van der Waals surface area contributed by atoms with Crippen LogP contribution in [0.5, 0.6) is 0 Å². The number of amides is 1. The van der Waals surface area contributed by atoms with E-state index >= 15 is 0 Å². The summed E-state index contributed by atoms with van der Waals surface area (Å²) in [7, 11) is 0. The molecule has 5 nitrogen and oxygen atoms in total. The van der Waals surface area contributed by atoms with Gasteiger partial charge in [-0.15, -0.1) is 5.10 Å². The predicted octanol–water partition coefficient (Wildman–Crippen LogP) is 2.10. The van der Waals surface area contributed by atoms with E-state index in [4.69, 9.17) is 0 Å². The fourth-order valence-corrected chi connectivity index (χ4v) is 1.59. The zero-order valence-corrected chi connectivity index (χ0v) is 11.4. The Morgan fingerprint density at radius 2 is 2.05 bits per heavy atom. The van der Waals surface area contributed by atoms with Crippen molar-refractivity contribution in [2.75, 3.05) is 0 Å². The number of carbonyl (C=O) groups is 1. The highest BCUT2D eigenvalue weighted by molar-refractivity contribution is 5.92. The number of rotatable bonds is 4. The maximum atomic E-state index is 11.9. The number of aromatic nitrogens is 3. The van der Waals surface area contributed by atoms with Gasteiger partial charge in [0.1, 0.15) is 0 Å². The maximum Gasteiger partial charge on any atom is 0.273 e. The molecule has 5 heteroatoms. The predicted molar refractivity (Wildman–Crippen MR) is 73.3 cm³/mol. The van der Waals surface area contributed by atoms with E-state index in [0.29, 0.717) is 5.69 Å².